The van der Waals surface area contributed by atoms with Gasteiger partial charge in [0.15, 0.2) is 0 Å². The maximum atomic E-state index is 2.55. The summed E-state index contributed by atoms with van der Waals surface area (Å²) >= 11 is 0. The van der Waals surface area contributed by atoms with Gasteiger partial charge in [0.1, 0.15) is 0 Å². The number of rotatable bonds is 4. The molecule has 0 atom stereocenters. The minimum Gasteiger partial charge on any atom is -0.0610 e. The Hall–Kier alpha value is -10.9. The third-order valence-electron chi connectivity index (χ3n) is 20.7. The average molecular weight is 1050 g/mol. The van der Waals surface area contributed by atoms with Crippen molar-refractivity contribution in [3.8, 4) is 44.5 Å². The van der Waals surface area contributed by atoms with Crippen LogP contribution in [0.25, 0.3) is 228 Å². The molecular weight excluding hydrogens is 1010 g/mol. The van der Waals surface area contributed by atoms with Crippen molar-refractivity contribution in [3.63, 3.8) is 0 Å². The SMILES string of the molecule is c1cc2ccc3ccc(-c4c(-c5ccc6ccc7cccc8ccc5c6c78)c5ccc6c(-c7ccc8ccc9cccc%10ccc7c8c9%10)c(-c7ccc8ccc9cccc%10ccc7c8c9%10)c7ccc8ccc4c4c8c7c6c54)c4ccc(c1)c2c34. The quantitative estimate of drug-likeness (QED) is 0.154. The van der Waals surface area contributed by atoms with Crippen LogP contribution in [0.3, 0.4) is 0 Å². The molecule has 0 heteroatoms. The van der Waals surface area contributed by atoms with Crippen molar-refractivity contribution in [1.29, 1.82) is 0 Å². The van der Waals surface area contributed by atoms with Gasteiger partial charge < -0.3 is 0 Å². The van der Waals surface area contributed by atoms with Gasteiger partial charge in [0.05, 0.1) is 0 Å². The lowest BCUT2D eigenvalue weighted by Gasteiger charge is -2.24. The number of hydrogen-bond acceptors (Lipinski definition) is 0. The zero-order chi connectivity index (χ0) is 53.9. The van der Waals surface area contributed by atoms with Crippen LogP contribution in [-0.2, 0) is 0 Å². The summed E-state index contributed by atoms with van der Waals surface area (Å²) in [6.45, 7) is 0. The topological polar surface area (TPSA) is 0 Å². The first-order valence-electron chi connectivity index (χ1n) is 29.6. The van der Waals surface area contributed by atoms with E-state index in [1.54, 1.807) is 0 Å². The van der Waals surface area contributed by atoms with Crippen molar-refractivity contribution in [2.24, 2.45) is 0 Å². The van der Waals surface area contributed by atoms with Crippen LogP contribution in [0.5, 0.6) is 0 Å². The Balaban J connectivity index is 0.969. The van der Waals surface area contributed by atoms with E-state index in [1.165, 1.54) is 228 Å². The van der Waals surface area contributed by atoms with E-state index in [0.717, 1.165) is 0 Å². The molecule has 0 aliphatic carbocycles. The Morgan fingerprint density at radius 2 is 0.274 bits per heavy atom. The van der Waals surface area contributed by atoms with Gasteiger partial charge in [0.2, 0.25) is 0 Å². The highest BCUT2D eigenvalue weighted by atomic mass is 14.3. The Morgan fingerprint density at radius 1 is 0.107 bits per heavy atom. The molecule has 0 aromatic heterocycles. The van der Waals surface area contributed by atoms with Crippen LogP contribution < -0.4 is 0 Å². The van der Waals surface area contributed by atoms with E-state index in [-0.39, 0.29) is 0 Å². The summed E-state index contributed by atoms with van der Waals surface area (Å²) in [6, 6.07) is 99.2. The van der Waals surface area contributed by atoms with Crippen molar-refractivity contribution in [1.82, 2.24) is 0 Å². The van der Waals surface area contributed by atoms with Gasteiger partial charge in [-0.05, 0) is 228 Å². The van der Waals surface area contributed by atoms with Gasteiger partial charge in [-0.15, -0.1) is 0 Å². The standard InChI is InChI=1S/C84H42/c1-5-43-13-17-51-25-35-60(56-31-21-47(9-1)68(43)72(51)56)77-64-39-29-55-30-40-65-78(61-36-26-52-18-14-44-6-2-10-48-22-32-57(61)73(52)69(44)48)80(63-38-28-54-20-16-46-8-4-12-50-24-34-59(63)75(54)71(46)50)67-42-41-66(83-81(64)76(55)82(65)84(67)83)79(77)62-37-27-53-19-15-45-7-3-11-49-23-33-58(62)74(53)70(45)49/h1-42H. The molecule has 0 spiro atoms. The Labute approximate surface area is 479 Å². The van der Waals surface area contributed by atoms with Gasteiger partial charge >= 0.3 is 0 Å². The first-order chi connectivity index (χ1) is 41.7. The molecule has 0 amide bonds. The van der Waals surface area contributed by atoms with E-state index in [0.29, 0.717) is 0 Å². The molecule has 22 aromatic carbocycles. The van der Waals surface area contributed by atoms with Gasteiger partial charge in [0.25, 0.3) is 0 Å². The minimum atomic E-state index is 1.27. The molecule has 0 bridgehead atoms. The third kappa shape index (κ3) is 5.01. The third-order valence-corrected chi connectivity index (χ3v) is 20.7. The predicted molar refractivity (Wildman–Crippen MR) is 364 cm³/mol. The maximum absolute atomic E-state index is 2.55. The Kier molecular flexibility index (Phi) is 7.54. The fraction of sp³-hybridized carbons (Fsp3) is 0. The van der Waals surface area contributed by atoms with Crippen LogP contribution in [0.2, 0.25) is 0 Å². The second-order valence-electron chi connectivity index (χ2n) is 24.4. The second kappa shape index (κ2) is 14.8. The second-order valence-corrected chi connectivity index (χ2v) is 24.4. The summed E-state index contributed by atoms with van der Waals surface area (Å²) in [5.74, 6) is 0. The lowest BCUT2D eigenvalue weighted by molar-refractivity contribution is 1.70. The molecule has 0 saturated carbocycles. The summed E-state index contributed by atoms with van der Waals surface area (Å²) in [4.78, 5) is 0. The van der Waals surface area contributed by atoms with Crippen LogP contribution in [0, 0.1) is 0 Å². The van der Waals surface area contributed by atoms with Gasteiger partial charge in [-0.25, -0.2) is 0 Å². The summed E-state index contributed by atoms with van der Waals surface area (Å²) in [5.41, 5.74) is 10.3. The minimum absolute atomic E-state index is 1.27. The van der Waals surface area contributed by atoms with Crippen molar-refractivity contribution in [2.45, 2.75) is 0 Å². The molecule has 0 unspecified atom stereocenters. The molecule has 0 heterocycles. The highest BCUT2D eigenvalue weighted by molar-refractivity contribution is 6.51. The average Bonchev–Trinajstić information content (AvgIpc) is 2.17. The summed E-state index contributed by atoms with van der Waals surface area (Å²) in [5, 5.41) is 44.5. The van der Waals surface area contributed by atoms with Crippen LogP contribution in [-0.4, -0.2) is 0 Å². The molecule has 0 aliphatic rings. The normalized spacial score (nSPS) is 13.0. The molecule has 0 radical (unpaired) electrons. The Bertz CT molecular complexity index is 6170. The van der Waals surface area contributed by atoms with Gasteiger partial charge in [-0.2, -0.15) is 0 Å². The number of benzene rings is 21. The molecule has 22 aromatic rings. The molecule has 0 N–H and O–H groups in total. The van der Waals surface area contributed by atoms with Gasteiger partial charge in [0, 0.05) is 0 Å². The lowest BCUT2D eigenvalue weighted by Crippen LogP contribution is -1.96. The fourth-order valence-corrected chi connectivity index (χ4v) is 17.4. The van der Waals surface area contributed by atoms with Gasteiger partial charge in [-0.3, -0.25) is 0 Å². The van der Waals surface area contributed by atoms with E-state index < -0.39 is 0 Å². The monoisotopic (exact) mass is 1050 g/mol. The highest BCUT2D eigenvalue weighted by Crippen LogP contribution is 2.60. The summed E-state index contributed by atoms with van der Waals surface area (Å²) < 4.78 is 0. The number of hydrogen-bond donors (Lipinski definition) is 0. The van der Waals surface area contributed by atoms with E-state index in [2.05, 4.69) is 255 Å². The van der Waals surface area contributed by atoms with E-state index in [9.17, 15) is 0 Å². The van der Waals surface area contributed by atoms with Crippen LogP contribution >= 0.6 is 0 Å². The van der Waals surface area contributed by atoms with Crippen molar-refractivity contribution < 1.29 is 0 Å². The van der Waals surface area contributed by atoms with Crippen molar-refractivity contribution in [2.75, 3.05) is 0 Å². The van der Waals surface area contributed by atoms with Crippen LogP contribution in [0.1, 0.15) is 0 Å². The fourth-order valence-electron chi connectivity index (χ4n) is 17.4. The van der Waals surface area contributed by atoms with E-state index in [4.69, 9.17) is 0 Å². The van der Waals surface area contributed by atoms with E-state index in [1.807, 2.05) is 0 Å². The molecule has 378 valence electrons. The van der Waals surface area contributed by atoms with Crippen LogP contribution in [0.15, 0.2) is 255 Å². The van der Waals surface area contributed by atoms with Crippen LogP contribution in [0.4, 0.5) is 0 Å². The molecule has 0 fully saturated rings. The molecule has 0 aliphatic heterocycles. The maximum Gasteiger partial charge on any atom is -0.000695 e. The lowest BCUT2D eigenvalue weighted by atomic mass is 9.79. The first-order valence-corrected chi connectivity index (χ1v) is 29.6. The molecule has 84 heavy (non-hydrogen) atoms. The zero-order valence-corrected chi connectivity index (χ0v) is 45.2. The van der Waals surface area contributed by atoms with Gasteiger partial charge in [-0.1, -0.05) is 255 Å². The molecule has 22 rings (SSSR count). The van der Waals surface area contributed by atoms with E-state index >= 15 is 0 Å². The smallest absolute Gasteiger partial charge is 0.000695 e. The van der Waals surface area contributed by atoms with Crippen molar-refractivity contribution in [3.05, 3.63) is 255 Å². The molecule has 0 nitrogen and oxygen atoms in total. The zero-order valence-electron chi connectivity index (χ0n) is 45.2. The Morgan fingerprint density at radius 3 is 0.524 bits per heavy atom. The molecular formula is C84H42. The highest BCUT2D eigenvalue weighted by Gasteiger charge is 2.32. The first kappa shape index (κ1) is 42.9. The predicted octanol–water partition coefficient (Wildman–Crippen LogP) is 24.0. The summed E-state index contributed by atoms with van der Waals surface area (Å²) in [6.07, 6.45) is 0. The largest absolute Gasteiger partial charge is 0.0610 e. The molecule has 0 saturated heterocycles. The van der Waals surface area contributed by atoms with Crippen molar-refractivity contribution >= 4 is 183 Å². The summed E-state index contributed by atoms with van der Waals surface area (Å²) in [7, 11) is 0.